The van der Waals surface area contributed by atoms with Gasteiger partial charge < -0.3 is 4.74 Å². The minimum Gasteiger partial charge on any atom is -0.466 e. The third kappa shape index (κ3) is 3.27. The molecule has 0 fully saturated rings. The number of hydrogen-bond donors (Lipinski definition) is 0. The van der Waals surface area contributed by atoms with Crippen molar-refractivity contribution in [1.82, 2.24) is 3.97 Å². The molecule has 5 nitrogen and oxygen atoms in total. The largest absolute Gasteiger partial charge is 0.466 e. The maximum Gasteiger partial charge on any atom is 0.310 e. The third-order valence-corrected chi connectivity index (χ3v) is 5.88. The number of rotatable bonds is 5. The Morgan fingerprint density at radius 3 is 2.52 bits per heavy atom. The second-order valence-electron chi connectivity index (χ2n) is 5.37. The van der Waals surface area contributed by atoms with Crippen molar-refractivity contribution in [3.8, 4) is 0 Å². The first kappa shape index (κ1) is 17.5. The average molecular weight is 378 g/mol. The van der Waals surface area contributed by atoms with Crippen LogP contribution >= 0.6 is 11.6 Å². The second-order valence-corrected chi connectivity index (χ2v) is 7.59. The molecular formula is C18H16ClNO4S. The van der Waals surface area contributed by atoms with Crippen LogP contribution in [0.5, 0.6) is 0 Å². The van der Waals surface area contributed by atoms with E-state index in [1.807, 2.05) is 0 Å². The van der Waals surface area contributed by atoms with Crippen LogP contribution in [0.3, 0.4) is 0 Å². The third-order valence-electron chi connectivity index (χ3n) is 3.82. The van der Waals surface area contributed by atoms with E-state index in [4.69, 9.17) is 16.3 Å². The molecule has 3 aromatic rings. The maximum absolute atomic E-state index is 12.9. The van der Waals surface area contributed by atoms with Crippen LogP contribution in [0.4, 0.5) is 0 Å². The first-order valence-corrected chi connectivity index (χ1v) is 9.51. The van der Waals surface area contributed by atoms with Gasteiger partial charge in [-0.05, 0) is 42.8 Å². The number of halogens is 1. The fraction of sp³-hybridized carbons (Fsp3) is 0.167. The summed E-state index contributed by atoms with van der Waals surface area (Å²) < 4.78 is 31.9. The standard InChI is InChI=1S/C18H16ClNO4S/c1-2-24-18(21)12-15-14-10-11-20(17(14)9-8-16(15)19)25(22,23)13-6-4-3-5-7-13/h3-11H,2,12H2,1H3. The van der Waals surface area contributed by atoms with Gasteiger partial charge in [-0.25, -0.2) is 12.4 Å². The molecule has 0 aliphatic heterocycles. The number of hydrogen-bond acceptors (Lipinski definition) is 4. The lowest BCUT2D eigenvalue weighted by Gasteiger charge is -2.10. The molecule has 25 heavy (non-hydrogen) atoms. The number of nitrogens with zero attached hydrogens (tertiary/aromatic N) is 1. The Hall–Kier alpha value is -2.31. The fourth-order valence-corrected chi connectivity index (χ4v) is 4.28. The average Bonchev–Trinajstić information content (AvgIpc) is 3.03. The highest BCUT2D eigenvalue weighted by molar-refractivity contribution is 7.90. The summed E-state index contributed by atoms with van der Waals surface area (Å²) >= 11 is 6.22. The first-order valence-electron chi connectivity index (χ1n) is 7.70. The van der Waals surface area contributed by atoms with Crippen LogP contribution < -0.4 is 0 Å². The molecule has 0 saturated carbocycles. The highest BCUT2D eigenvalue weighted by atomic mass is 35.5. The summed E-state index contributed by atoms with van der Waals surface area (Å²) in [5.41, 5.74) is 1.02. The van der Waals surface area contributed by atoms with Crippen LogP contribution in [0.2, 0.25) is 5.02 Å². The molecule has 7 heteroatoms. The van der Waals surface area contributed by atoms with Crippen molar-refractivity contribution >= 4 is 38.5 Å². The Bertz CT molecular complexity index is 1030. The van der Waals surface area contributed by atoms with E-state index in [-0.39, 0.29) is 17.9 Å². The lowest BCUT2D eigenvalue weighted by Crippen LogP contribution is -2.12. The Morgan fingerprint density at radius 2 is 1.84 bits per heavy atom. The van der Waals surface area contributed by atoms with E-state index in [1.54, 1.807) is 43.3 Å². The zero-order valence-electron chi connectivity index (χ0n) is 13.5. The molecule has 0 amide bonds. The van der Waals surface area contributed by atoms with E-state index in [0.29, 0.717) is 21.5 Å². The molecule has 2 aromatic carbocycles. The van der Waals surface area contributed by atoms with Crippen molar-refractivity contribution in [2.24, 2.45) is 0 Å². The van der Waals surface area contributed by atoms with Gasteiger partial charge in [0.15, 0.2) is 0 Å². The number of fused-ring (bicyclic) bond motifs is 1. The van der Waals surface area contributed by atoms with Crippen LogP contribution in [0.25, 0.3) is 10.9 Å². The molecule has 0 aliphatic rings. The number of carbonyl (C=O) groups is 1. The highest BCUT2D eigenvalue weighted by Crippen LogP contribution is 2.30. The van der Waals surface area contributed by atoms with Gasteiger partial charge in [-0.1, -0.05) is 29.8 Å². The van der Waals surface area contributed by atoms with Crippen molar-refractivity contribution in [3.05, 3.63) is 65.3 Å². The molecule has 0 radical (unpaired) electrons. The van der Waals surface area contributed by atoms with Gasteiger partial charge in [-0.2, -0.15) is 0 Å². The van der Waals surface area contributed by atoms with Gasteiger partial charge in [-0.15, -0.1) is 0 Å². The molecule has 0 atom stereocenters. The van der Waals surface area contributed by atoms with Crippen LogP contribution in [0.1, 0.15) is 12.5 Å². The monoisotopic (exact) mass is 377 g/mol. The molecule has 0 saturated heterocycles. The summed E-state index contributed by atoms with van der Waals surface area (Å²) in [5, 5.41) is 1.01. The fourth-order valence-electron chi connectivity index (χ4n) is 2.68. The van der Waals surface area contributed by atoms with Crippen molar-refractivity contribution in [1.29, 1.82) is 0 Å². The summed E-state index contributed by atoms with van der Waals surface area (Å²) in [4.78, 5) is 12.0. The molecule has 130 valence electrons. The van der Waals surface area contributed by atoms with Crippen LogP contribution in [-0.2, 0) is 26.0 Å². The molecule has 3 rings (SSSR count). The molecule has 0 bridgehead atoms. The molecule has 0 aliphatic carbocycles. The van der Waals surface area contributed by atoms with E-state index in [2.05, 4.69) is 0 Å². The SMILES string of the molecule is CCOC(=O)Cc1c(Cl)ccc2c1ccn2S(=O)(=O)c1ccccc1. The number of esters is 1. The number of benzene rings is 2. The van der Waals surface area contributed by atoms with E-state index in [0.717, 1.165) is 0 Å². The quantitative estimate of drug-likeness (QED) is 0.637. The summed E-state index contributed by atoms with van der Waals surface area (Å²) in [7, 11) is -3.73. The van der Waals surface area contributed by atoms with Gasteiger partial charge in [0.2, 0.25) is 0 Å². The van der Waals surface area contributed by atoms with Crippen molar-refractivity contribution in [2.75, 3.05) is 6.61 Å². The summed E-state index contributed by atoms with van der Waals surface area (Å²) in [6, 6.07) is 13.0. The highest BCUT2D eigenvalue weighted by Gasteiger charge is 2.21. The topological polar surface area (TPSA) is 65.4 Å². The zero-order chi connectivity index (χ0) is 18.0. The molecule has 0 spiro atoms. The normalized spacial score (nSPS) is 11.6. The van der Waals surface area contributed by atoms with Gasteiger partial charge >= 0.3 is 5.97 Å². The van der Waals surface area contributed by atoms with Gasteiger partial charge in [0.1, 0.15) is 0 Å². The van der Waals surface area contributed by atoms with E-state index >= 15 is 0 Å². The van der Waals surface area contributed by atoms with Gasteiger partial charge in [0, 0.05) is 16.6 Å². The lowest BCUT2D eigenvalue weighted by atomic mass is 10.1. The molecule has 1 aromatic heterocycles. The molecule has 0 N–H and O–H groups in total. The Morgan fingerprint density at radius 1 is 1.12 bits per heavy atom. The maximum atomic E-state index is 12.9. The van der Waals surface area contributed by atoms with E-state index < -0.39 is 16.0 Å². The second kappa shape index (κ2) is 6.90. The summed E-state index contributed by atoms with van der Waals surface area (Å²) in [6.45, 7) is 2.00. The minimum absolute atomic E-state index is 0.0145. The zero-order valence-corrected chi connectivity index (χ0v) is 15.0. The van der Waals surface area contributed by atoms with E-state index in [9.17, 15) is 13.2 Å². The molecular weight excluding hydrogens is 362 g/mol. The lowest BCUT2D eigenvalue weighted by molar-refractivity contribution is -0.142. The van der Waals surface area contributed by atoms with Crippen LogP contribution in [0, 0.1) is 0 Å². The molecule has 0 unspecified atom stereocenters. The first-order chi connectivity index (χ1) is 11.9. The number of aromatic nitrogens is 1. The van der Waals surface area contributed by atoms with Crippen molar-refractivity contribution in [3.63, 3.8) is 0 Å². The van der Waals surface area contributed by atoms with Crippen LogP contribution in [-0.4, -0.2) is 25.0 Å². The molecule has 1 heterocycles. The Labute approximate surface area is 150 Å². The summed E-state index contributed by atoms with van der Waals surface area (Å²) in [5.74, 6) is -0.407. The van der Waals surface area contributed by atoms with Gasteiger partial charge in [-0.3, -0.25) is 4.79 Å². The minimum atomic E-state index is -3.73. The number of carbonyl (C=O) groups excluding carboxylic acids is 1. The Kier molecular flexibility index (Phi) is 4.83. The van der Waals surface area contributed by atoms with Crippen LogP contribution in [0.15, 0.2) is 59.6 Å². The van der Waals surface area contributed by atoms with Crippen molar-refractivity contribution in [2.45, 2.75) is 18.2 Å². The van der Waals surface area contributed by atoms with Gasteiger partial charge in [0.25, 0.3) is 10.0 Å². The van der Waals surface area contributed by atoms with Crippen molar-refractivity contribution < 1.29 is 17.9 Å². The smallest absolute Gasteiger partial charge is 0.310 e. The van der Waals surface area contributed by atoms with E-state index in [1.165, 1.54) is 22.3 Å². The predicted octanol–water partition coefficient (Wildman–Crippen LogP) is 3.64. The number of ether oxygens (including phenoxy) is 1. The van der Waals surface area contributed by atoms with Gasteiger partial charge in [0.05, 0.1) is 23.4 Å². The summed E-state index contributed by atoms with van der Waals surface area (Å²) in [6.07, 6.45) is 1.46. The Balaban J connectivity index is 2.13. The predicted molar refractivity (Wildman–Crippen MR) is 96.3 cm³/mol.